The van der Waals surface area contributed by atoms with Gasteiger partial charge in [0.2, 0.25) is 0 Å². The molecule has 1 atom stereocenters. The Balaban J connectivity index is 2.10. The lowest BCUT2D eigenvalue weighted by molar-refractivity contribution is 0.213. The van der Waals surface area contributed by atoms with E-state index in [-0.39, 0.29) is 6.10 Å². The topological polar surface area (TPSA) is 48.1 Å². The van der Waals surface area contributed by atoms with Crippen LogP contribution in [0.2, 0.25) is 0 Å². The second kappa shape index (κ2) is 6.42. The van der Waals surface area contributed by atoms with Crippen LogP contribution < -0.4 is 10.5 Å². The summed E-state index contributed by atoms with van der Waals surface area (Å²) in [4.78, 5) is 5.30. The molecule has 1 aromatic heterocycles. The predicted octanol–water partition coefficient (Wildman–Crippen LogP) is 2.88. The molecule has 0 radical (unpaired) electrons. The quantitative estimate of drug-likeness (QED) is 0.840. The molecule has 18 heavy (non-hydrogen) atoms. The molecule has 0 spiro atoms. The first-order valence-electron chi connectivity index (χ1n) is 5.74. The zero-order chi connectivity index (χ0) is 12.8. The van der Waals surface area contributed by atoms with Gasteiger partial charge in [0.05, 0.1) is 0 Å². The molecule has 0 fully saturated rings. The van der Waals surface area contributed by atoms with Crippen molar-refractivity contribution in [3.8, 4) is 5.75 Å². The van der Waals surface area contributed by atoms with Crippen molar-refractivity contribution in [2.45, 2.75) is 11.0 Å². The molecule has 1 aromatic carbocycles. The van der Waals surface area contributed by atoms with Crippen LogP contribution in [0.15, 0.2) is 53.7 Å². The van der Waals surface area contributed by atoms with Gasteiger partial charge in [0.15, 0.2) is 0 Å². The number of rotatable bonds is 5. The van der Waals surface area contributed by atoms with Crippen molar-refractivity contribution in [2.24, 2.45) is 5.73 Å². The first-order valence-corrected chi connectivity index (χ1v) is 6.96. The van der Waals surface area contributed by atoms with Gasteiger partial charge in [0.1, 0.15) is 11.9 Å². The maximum atomic E-state index is 5.87. The van der Waals surface area contributed by atoms with Crippen molar-refractivity contribution < 1.29 is 4.74 Å². The van der Waals surface area contributed by atoms with Crippen molar-refractivity contribution >= 4 is 11.8 Å². The summed E-state index contributed by atoms with van der Waals surface area (Å²) in [6.07, 6.45) is 5.42. The molecule has 1 unspecified atom stereocenters. The largest absolute Gasteiger partial charge is 0.484 e. The van der Waals surface area contributed by atoms with Crippen LogP contribution in [0.25, 0.3) is 0 Å². The number of pyridine rings is 1. The van der Waals surface area contributed by atoms with Gasteiger partial charge in [-0.15, -0.1) is 11.8 Å². The van der Waals surface area contributed by atoms with Gasteiger partial charge < -0.3 is 10.5 Å². The van der Waals surface area contributed by atoms with E-state index in [4.69, 9.17) is 10.5 Å². The molecule has 0 aliphatic heterocycles. The second-order valence-corrected chi connectivity index (χ2v) is 4.68. The van der Waals surface area contributed by atoms with E-state index in [2.05, 4.69) is 4.98 Å². The van der Waals surface area contributed by atoms with Gasteiger partial charge >= 0.3 is 0 Å². The van der Waals surface area contributed by atoms with Crippen LogP contribution in [0.4, 0.5) is 0 Å². The number of nitrogens with two attached hydrogens (primary N) is 1. The minimum Gasteiger partial charge on any atom is -0.484 e. The molecule has 1 heterocycles. The number of hydrogen-bond donors (Lipinski definition) is 1. The molecule has 2 N–H and O–H groups in total. The lowest BCUT2D eigenvalue weighted by Gasteiger charge is -2.17. The van der Waals surface area contributed by atoms with E-state index in [0.717, 1.165) is 11.3 Å². The van der Waals surface area contributed by atoms with Gasteiger partial charge in [0, 0.05) is 29.4 Å². The Bertz CT molecular complexity index is 473. The summed E-state index contributed by atoms with van der Waals surface area (Å²) in [7, 11) is 0. The van der Waals surface area contributed by atoms with Crippen molar-refractivity contribution in [3.05, 3.63) is 54.4 Å². The normalized spacial score (nSPS) is 12.1. The average molecular weight is 260 g/mol. The number of nitrogens with zero attached hydrogens (tertiary/aromatic N) is 1. The highest BCUT2D eigenvalue weighted by atomic mass is 32.2. The maximum absolute atomic E-state index is 5.87. The third-order valence-corrected chi connectivity index (χ3v) is 3.35. The Morgan fingerprint density at radius 1 is 1.28 bits per heavy atom. The zero-order valence-electron chi connectivity index (χ0n) is 10.2. The summed E-state index contributed by atoms with van der Waals surface area (Å²) in [6.45, 7) is 0.427. The fourth-order valence-corrected chi connectivity index (χ4v) is 2.05. The van der Waals surface area contributed by atoms with E-state index < -0.39 is 0 Å². The molecule has 0 bridgehead atoms. The fourth-order valence-electron chi connectivity index (χ4n) is 1.64. The van der Waals surface area contributed by atoms with Crippen LogP contribution >= 0.6 is 11.8 Å². The highest BCUT2D eigenvalue weighted by molar-refractivity contribution is 7.98. The smallest absolute Gasteiger partial charge is 0.137 e. The molecule has 0 amide bonds. The molecular weight excluding hydrogens is 244 g/mol. The van der Waals surface area contributed by atoms with E-state index in [0.29, 0.717) is 6.54 Å². The number of ether oxygens (including phenoxy) is 1. The third-order valence-electron chi connectivity index (χ3n) is 2.61. The summed E-state index contributed by atoms with van der Waals surface area (Å²) in [5, 5.41) is 0. The van der Waals surface area contributed by atoms with Crippen LogP contribution in [0.1, 0.15) is 11.7 Å². The third kappa shape index (κ3) is 3.24. The summed E-state index contributed by atoms with van der Waals surface area (Å²) in [5.74, 6) is 0.826. The van der Waals surface area contributed by atoms with E-state index in [1.807, 2.05) is 42.7 Å². The lowest BCUT2D eigenvalue weighted by Crippen LogP contribution is -2.18. The summed E-state index contributed by atoms with van der Waals surface area (Å²) < 4.78 is 5.87. The van der Waals surface area contributed by atoms with Crippen LogP contribution in [0.3, 0.4) is 0 Å². The van der Waals surface area contributed by atoms with Gasteiger partial charge in [-0.3, -0.25) is 4.98 Å². The Labute approximate surface area is 111 Å². The van der Waals surface area contributed by atoms with Gasteiger partial charge in [-0.2, -0.15) is 0 Å². The molecule has 0 aliphatic carbocycles. The van der Waals surface area contributed by atoms with Crippen molar-refractivity contribution in [3.63, 3.8) is 0 Å². The monoisotopic (exact) mass is 260 g/mol. The van der Waals surface area contributed by atoms with Crippen LogP contribution in [-0.2, 0) is 0 Å². The Hall–Kier alpha value is -1.52. The molecule has 94 valence electrons. The van der Waals surface area contributed by atoms with Crippen LogP contribution in [-0.4, -0.2) is 17.8 Å². The SMILES string of the molecule is CSc1ccc(OC(CN)c2cccnc2)cc1. The van der Waals surface area contributed by atoms with Crippen molar-refractivity contribution in [2.75, 3.05) is 12.8 Å². The Morgan fingerprint density at radius 3 is 2.61 bits per heavy atom. The van der Waals surface area contributed by atoms with E-state index in [1.165, 1.54) is 4.90 Å². The van der Waals surface area contributed by atoms with Gasteiger partial charge in [0.25, 0.3) is 0 Å². The first kappa shape index (κ1) is 12.9. The predicted molar refractivity (Wildman–Crippen MR) is 74.9 cm³/mol. The average Bonchev–Trinajstić information content (AvgIpc) is 2.46. The Morgan fingerprint density at radius 2 is 2.06 bits per heavy atom. The van der Waals surface area contributed by atoms with E-state index in [1.54, 1.807) is 24.2 Å². The van der Waals surface area contributed by atoms with Crippen molar-refractivity contribution in [1.29, 1.82) is 0 Å². The second-order valence-electron chi connectivity index (χ2n) is 3.80. The number of hydrogen-bond acceptors (Lipinski definition) is 4. The Kier molecular flexibility index (Phi) is 4.61. The molecule has 0 saturated carbocycles. The number of benzene rings is 1. The van der Waals surface area contributed by atoms with Gasteiger partial charge in [-0.25, -0.2) is 0 Å². The highest BCUT2D eigenvalue weighted by Gasteiger charge is 2.11. The highest BCUT2D eigenvalue weighted by Crippen LogP contribution is 2.23. The van der Waals surface area contributed by atoms with E-state index >= 15 is 0 Å². The summed E-state index contributed by atoms with van der Waals surface area (Å²) in [5.41, 5.74) is 6.75. The fraction of sp³-hybridized carbons (Fsp3) is 0.214. The van der Waals surface area contributed by atoms with E-state index in [9.17, 15) is 0 Å². The molecule has 3 nitrogen and oxygen atoms in total. The van der Waals surface area contributed by atoms with Crippen molar-refractivity contribution in [1.82, 2.24) is 4.98 Å². The minimum atomic E-state index is -0.154. The van der Waals surface area contributed by atoms with Crippen LogP contribution in [0.5, 0.6) is 5.75 Å². The molecule has 0 aliphatic rings. The number of thioether (sulfide) groups is 1. The molecular formula is C14H16N2OS. The summed E-state index contributed by atoms with van der Waals surface area (Å²) in [6, 6.07) is 11.9. The minimum absolute atomic E-state index is 0.154. The van der Waals surface area contributed by atoms with Gasteiger partial charge in [-0.05, 0) is 36.6 Å². The number of aromatic nitrogens is 1. The van der Waals surface area contributed by atoms with Gasteiger partial charge in [-0.1, -0.05) is 6.07 Å². The standard InChI is InChI=1S/C14H16N2OS/c1-18-13-6-4-12(5-7-13)17-14(9-15)11-3-2-8-16-10-11/h2-8,10,14H,9,15H2,1H3. The maximum Gasteiger partial charge on any atom is 0.137 e. The zero-order valence-corrected chi connectivity index (χ0v) is 11.1. The summed E-state index contributed by atoms with van der Waals surface area (Å²) >= 11 is 1.71. The first-order chi connectivity index (χ1) is 8.83. The molecule has 4 heteroatoms. The molecule has 0 saturated heterocycles. The molecule has 2 aromatic rings. The van der Waals surface area contributed by atoms with Crippen LogP contribution in [0, 0.1) is 0 Å². The lowest BCUT2D eigenvalue weighted by atomic mass is 10.1. The molecule has 2 rings (SSSR count).